The Labute approximate surface area is 176 Å². The molecule has 11 heteroatoms. The first-order chi connectivity index (χ1) is 13.8. The SMILES string of the molecule is O=C(NCc1cccnc1)c1nn2c(c1Br)N[C@H](c1cccs1)C[C@H]2C(F)(F)F. The lowest BCUT2D eigenvalue weighted by molar-refractivity contribution is -0.173. The number of aromatic nitrogens is 3. The summed E-state index contributed by atoms with van der Waals surface area (Å²) in [7, 11) is 0. The van der Waals surface area contributed by atoms with Gasteiger partial charge < -0.3 is 10.6 Å². The summed E-state index contributed by atoms with van der Waals surface area (Å²) >= 11 is 4.65. The van der Waals surface area contributed by atoms with Crippen LogP contribution in [0.15, 0.2) is 46.5 Å². The highest BCUT2D eigenvalue weighted by Gasteiger charge is 2.47. The first-order valence-electron chi connectivity index (χ1n) is 8.66. The van der Waals surface area contributed by atoms with Crippen LogP contribution in [0.2, 0.25) is 0 Å². The van der Waals surface area contributed by atoms with Crippen molar-refractivity contribution in [3.63, 3.8) is 0 Å². The first kappa shape index (κ1) is 19.9. The molecule has 0 bridgehead atoms. The monoisotopic (exact) mass is 485 g/mol. The fourth-order valence-electron chi connectivity index (χ4n) is 3.18. The van der Waals surface area contributed by atoms with Crippen molar-refractivity contribution in [1.29, 1.82) is 0 Å². The van der Waals surface area contributed by atoms with Crippen molar-refractivity contribution in [2.75, 3.05) is 5.32 Å². The molecule has 4 rings (SSSR count). The van der Waals surface area contributed by atoms with Gasteiger partial charge in [-0.05, 0) is 39.0 Å². The number of rotatable bonds is 4. The molecule has 0 saturated heterocycles. The number of nitrogens with zero attached hydrogens (tertiary/aromatic N) is 3. The van der Waals surface area contributed by atoms with Crippen LogP contribution in [0.1, 0.15) is 39.4 Å². The third-order valence-electron chi connectivity index (χ3n) is 4.57. The van der Waals surface area contributed by atoms with Gasteiger partial charge in [-0.3, -0.25) is 9.78 Å². The standard InChI is InChI=1S/C18H15BrF3N5OS/c19-14-15(17(28)24-9-10-3-1-5-23-8-10)26-27-13(18(20,21)22)7-11(25-16(14)27)12-4-2-6-29-12/h1-6,8,11,13,25H,7,9H2,(H,24,28)/t11-,13-/m0/s1. The predicted octanol–water partition coefficient (Wildman–Crippen LogP) is 4.69. The third-order valence-corrected chi connectivity index (χ3v) is 6.31. The Morgan fingerprint density at radius 3 is 2.86 bits per heavy atom. The van der Waals surface area contributed by atoms with Crippen molar-refractivity contribution in [3.8, 4) is 0 Å². The van der Waals surface area contributed by atoms with Gasteiger partial charge in [0.2, 0.25) is 0 Å². The van der Waals surface area contributed by atoms with Crippen molar-refractivity contribution in [1.82, 2.24) is 20.1 Å². The van der Waals surface area contributed by atoms with E-state index in [-0.39, 0.29) is 29.0 Å². The number of fused-ring (bicyclic) bond motifs is 1. The van der Waals surface area contributed by atoms with E-state index in [0.29, 0.717) is 0 Å². The molecule has 2 atom stereocenters. The van der Waals surface area contributed by atoms with E-state index >= 15 is 0 Å². The van der Waals surface area contributed by atoms with E-state index in [1.54, 1.807) is 36.7 Å². The number of anilines is 1. The van der Waals surface area contributed by atoms with Crippen molar-refractivity contribution in [3.05, 3.63) is 62.6 Å². The minimum atomic E-state index is -4.50. The molecule has 3 aromatic rings. The van der Waals surface area contributed by atoms with E-state index in [1.807, 2.05) is 5.38 Å². The number of carbonyl (C=O) groups excluding carboxylic acids is 1. The first-order valence-corrected chi connectivity index (χ1v) is 10.3. The lowest BCUT2D eigenvalue weighted by Crippen LogP contribution is -2.35. The maximum absolute atomic E-state index is 13.7. The van der Waals surface area contributed by atoms with Gasteiger partial charge in [0, 0.05) is 30.2 Å². The van der Waals surface area contributed by atoms with Gasteiger partial charge in [0.25, 0.3) is 5.91 Å². The Bertz CT molecular complexity index is 1010. The Hall–Kier alpha value is -2.40. The molecule has 3 aromatic heterocycles. The summed E-state index contributed by atoms with van der Waals surface area (Å²) in [6.07, 6.45) is -1.50. The van der Waals surface area contributed by atoms with E-state index in [9.17, 15) is 18.0 Å². The van der Waals surface area contributed by atoms with Crippen molar-refractivity contribution >= 4 is 39.0 Å². The van der Waals surface area contributed by atoms with Crippen LogP contribution in [-0.4, -0.2) is 26.8 Å². The lowest BCUT2D eigenvalue weighted by Gasteiger charge is -2.33. The Kier molecular flexibility index (Phi) is 5.34. The van der Waals surface area contributed by atoms with Crippen LogP contribution in [-0.2, 0) is 6.54 Å². The van der Waals surface area contributed by atoms with E-state index in [1.165, 1.54) is 11.3 Å². The molecule has 2 N–H and O–H groups in total. The molecule has 0 aliphatic carbocycles. The van der Waals surface area contributed by atoms with Gasteiger partial charge >= 0.3 is 6.18 Å². The van der Waals surface area contributed by atoms with Crippen LogP contribution in [0.4, 0.5) is 19.0 Å². The number of carbonyl (C=O) groups is 1. The molecular weight excluding hydrogens is 471 g/mol. The highest BCUT2D eigenvalue weighted by molar-refractivity contribution is 9.10. The van der Waals surface area contributed by atoms with Crippen molar-refractivity contribution in [2.45, 2.75) is 31.2 Å². The summed E-state index contributed by atoms with van der Waals surface area (Å²) in [4.78, 5) is 17.3. The van der Waals surface area contributed by atoms with Crippen LogP contribution < -0.4 is 10.6 Å². The second kappa shape index (κ2) is 7.79. The molecule has 1 amide bonds. The summed E-state index contributed by atoms with van der Waals surface area (Å²) in [5.41, 5.74) is 0.669. The van der Waals surface area contributed by atoms with E-state index < -0.39 is 24.2 Å². The molecule has 0 unspecified atom stereocenters. The van der Waals surface area contributed by atoms with Gasteiger partial charge in [0.05, 0.1) is 10.5 Å². The largest absolute Gasteiger partial charge is 0.410 e. The summed E-state index contributed by atoms with van der Waals surface area (Å²) < 4.78 is 42.3. The zero-order chi connectivity index (χ0) is 20.6. The molecule has 0 fully saturated rings. The summed E-state index contributed by atoms with van der Waals surface area (Å²) in [6.45, 7) is 0.190. The number of alkyl halides is 3. The molecule has 0 spiro atoms. The molecule has 0 aromatic carbocycles. The number of thiophene rings is 1. The zero-order valence-electron chi connectivity index (χ0n) is 14.8. The fourth-order valence-corrected chi connectivity index (χ4v) is 4.53. The van der Waals surface area contributed by atoms with E-state index in [0.717, 1.165) is 15.1 Å². The number of nitrogens with one attached hydrogen (secondary N) is 2. The highest BCUT2D eigenvalue weighted by atomic mass is 79.9. The quantitative estimate of drug-likeness (QED) is 0.562. The normalized spacial score (nSPS) is 18.8. The number of amides is 1. The Morgan fingerprint density at radius 1 is 1.38 bits per heavy atom. The number of hydrogen-bond acceptors (Lipinski definition) is 5. The number of hydrogen-bond donors (Lipinski definition) is 2. The molecular formula is C18H15BrF3N5OS. The summed E-state index contributed by atoms with van der Waals surface area (Å²) in [6, 6.07) is 4.75. The van der Waals surface area contributed by atoms with Gasteiger partial charge in [-0.2, -0.15) is 18.3 Å². The Morgan fingerprint density at radius 2 is 2.21 bits per heavy atom. The third kappa shape index (κ3) is 4.01. The average Bonchev–Trinajstić information content (AvgIpc) is 3.34. The summed E-state index contributed by atoms with van der Waals surface area (Å²) in [5.74, 6) is -0.429. The molecule has 0 saturated carbocycles. The molecule has 1 aliphatic heterocycles. The van der Waals surface area contributed by atoms with Crippen molar-refractivity contribution < 1.29 is 18.0 Å². The minimum absolute atomic E-state index is 0.0996. The predicted molar refractivity (Wildman–Crippen MR) is 106 cm³/mol. The molecule has 0 radical (unpaired) electrons. The van der Waals surface area contributed by atoms with E-state index in [4.69, 9.17) is 0 Å². The number of halogens is 4. The van der Waals surface area contributed by atoms with Gasteiger partial charge in [-0.15, -0.1) is 11.3 Å². The topological polar surface area (TPSA) is 71.8 Å². The van der Waals surface area contributed by atoms with Gasteiger partial charge in [-0.25, -0.2) is 4.68 Å². The van der Waals surface area contributed by atoms with Gasteiger partial charge in [0.15, 0.2) is 11.7 Å². The van der Waals surface area contributed by atoms with Gasteiger partial charge in [0.1, 0.15) is 5.82 Å². The molecule has 1 aliphatic rings. The van der Waals surface area contributed by atoms with Crippen LogP contribution >= 0.6 is 27.3 Å². The molecule has 29 heavy (non-hydrogen) atoms. The van der Waals surface area contributed by atoms with Crippen molar-refractivity contribution in [2.24, 2.45) is 0 Å². The maximum Gasteiger partial charge on any atom is 0.410 e. The second-order valence-corrected chi connectivity index (χ2v) is 8.28. The minimum Gasteiger partial charge on any atom is -0.362 e. The lowest BCUT2D eigenvalue weighted by atomic mass is 10.0. The number of pyridine rings is 1. The summed E-state index contributed by atoms with van der Waals surface area (Å²) in [5, 5.41) is 11.6. The maximum atomic E-state index is 13.7. The van der Waals surface area contributed by atoms with Gasteiger partial charge in [-0.1, -0.05) is 12.1 Å². The van der Waals surface area contributed by atoms with Crippen LogP contribution in [0, 0.1) is 0 Å². The molecule has 6 nitrogen and oxygen atoms in total. The highest BCUT2D eigenvalue weighted by Crippen LogP contribution is 2.46. The second-order valence-electron chi connectivity index (χ2n) is 6.51. The zero-order valence-corrected chi connectivity index (χ0v) is 17.2. The smallest absolute Gasteiger partial charge is 0.362 e. The Balaban J connectivity index is 1.63. The van der Waals surface area contributed by atoms with Crippen LogP contribution in [0.5, 0.6) is 0 Å². The van der Waals surface area contributed by atoms with Crippen LogP contribution in [0.25, 0.3) is 0 Å². The average molecular weight is 486 g/mol. The fraction of sp³-hybridized carbons (Fsp3) is 0.278. The molecule has 4 heterocycles. The van der Waals surface area contributed by atoms with E-state index in [2.05, 4.69) is 36.6 Å². The van der Waals surface area contributed by atoms with Crippen LogP contribution in [0.3, 0.4) is 0 Å². The molecule has 152 valence electrons.